The minimum absolute atomic E-state index is 0.0757. The van der Waals surface area contributed by atoms with Crippen molar-refractivity contribution in [3.05, 3.63) is 21.6 Å². The number of halogens is 4. The van der Waals surface area contributed by atoms with Gasteiger partial charge in [-0.15, -0.1) is 0 Å². The van der Waals surface area contributed by atoms with Gasteiger partial charge in [0.1, 0.15) is 0 Å². The second-order valence-corrected chi connectivity index (χ2v) is 4.93. The molecule has 0 bridgehead atoms. The van der Waals surface area contributed by atoms with E-state index in [4.69, 9.17) is 11.6 Å². The van der Waals surface area contributed by atoms with Crippen LogP contribution in [0, 0.1) is 0 Å². The van der Waals surface area contributed by atoms with Crippen molar-refractivity contribution in [3.63, 3.8) is 0 Å². The Morgan fingerprint density at radius 2 is 2.11 bits per heavy atom. The Bertz CT molecular complexity index is 474. The molecular weight excluding hydrogens is 345 g/mol. The normalized spacial score (nSPS) is 12.4. The van der Waals surface area contributed by atoms with E-state index in [2.05, 4.69) is 31.3 Å². The van der Waals surface area contributed by atoms with Crippen molar-refractivity contribution in [1.29, 1.82) is 0 Å². The molecule has 1 amide bonds. The number of carbonyl (C=O) groups is 1. The van der Waals surface area contributed by atoms with E-state index in [1.807, 2.05) is 0 Å². The molecule has 0 saturated carbocycles. The van der Waals surface area contributed by atoms with Crippen LogP contribution in [0.15, 0.2) is 16.6 Å². The van der Waals surface area contributed by atoms with Crippen LogP contribution in [0.4, 0.5) is 14.5 Å². The summed E-state index contributed by atoms with van der Waals surface area (Å²) in [6.45, 7) is -1.38. The standard InChI is InChI=1S/C11H12BrClF2N2O2/c1-5(16-2)10(18)17-8-4-6(13)3-7(12)9(8)19-11(14)15/h3-5,11,16H,1-2H3,(H,17,18). The van der Waals surface area contributed by atoms with Crippen LogP contribution in [-0.4, -0.2) is 25.6 Å². The van der Waals surface area contributed by atoms with Crippen molar-refractivity contribution in [3.8, 4) is 5.75 Å². The molecule has 1 aromatic rings. The fraction of sp³-hybridized carbons (Fsp3) is 0.364. The van der Waals surface area contributed by atoms with Gasteiger partial charge in [-0.05, 0) is 42.0 Å². The molecule has 0 aromatic heterocycles. The Kier molecular flexibility index (Phi) is 5.96. The first-order chi connectivity index (χ1) is 8.85. The summed E-state index contributed by atoms with van der Waals surface area (Å²) in [5.41, 5.74) is 0.0757. The first-order valence-electron chi connectivity index (χ1n) is 5.27. The fourth-order valence-electron chi connectivity index (χ4n) is 1.23. The van der Waals surface area contributed by atoms with Crippen LogP contribution >= 0.6 is 27.5 Å². The number of hydrogen-bond donors (Lipinski definition) is 2. The highest BCUT2D eigenvalue weighted by molar-refractivity contribution is 9.10. The third-order valence-electron chi connectivity index (χ3n) is 2.30. The molecule has 8 heteroatoms. The van der Waals surface area contributed by atoms with E-state index in [-0.39, 0.29) is 20.9 Å². The number of ether oxygens (including phenoxy) is 1. The molecule has 0 aliphatic heterocycles. The highest BCUT2D eigenvalue weighted by atomic mass is 79.9. The number of likely N-dealkylation sites (N-methyl/N-ethyl adjacent to an activating group) is 1. The predicted molar refractivity (Wildman–Crippen MR) is 72.9 cm³/mol. The second kappa shape index (κ2) is 7.02. The molecule has 1 atom stereocenters. The van der Waals surface area contributed by atoms with Crippen LogP contribution in [0.3, 0.4) is 0 Å². The zero-order chi connectivity index (χ0) is 14.6. The van der Waals surface area contributed by atoms with E-state index in [0.717, 1.165) is 0 Å². The number of hydrogen-bond acceptors (Lipinski definition) is 3. The second-order valence-electron chi connectivity index (χ2n) is 3.64. The predicted octanol–water partition coefficient (Wildman–Crippen LogP) is 3.25. The molecule has 106 valence electrons. The van der Waals surface area contributed by atoms with Gasteiger partial charge < -0.3 is 15.4 Å². The maximum atomic E-state index is 12.3. The third-order valence-corrected chi connectivity index (χ3v) is 3.11. The maximum absolute atomic E-state index is 12.3. The Hall–Kier alpha value is -0.920. The van der Waals surface area contributed by atoms with Crippen molar-refractivity contribution in [2.45, 2.75) is 19.6 Å². The molecule has 0 aliphatic rings. The molecule has 0 fully saturated rings. The van der Waals surface area contributed by atoms with Crippen molar-refractivity contribution in [1.82, 2.24) is 5.32 Å². The van der Waals surface area contributed by atoms with Gasteiger partial charge in [0.15, 0.2) is 5.75 Å². The molecule has 0 radical (unpaired) electrons. The lowest BCUT2D eigenvalue weighted by molar-refractivity contribution is -0.117. The summed E-state index contributed by atoms with van der Waals surface area (Å²) < 4.78 is 29.3. The van der Waals surface area contributed by atoms with Gasteiger partial charge in [0.05, 0.1) is 16.2 Å². The highest BCUT2D eigenvalue weighted by Crippen LogP contribution is 2.37. The molecule has 0 aliphatic carbocycles. The van der Waals surface area contributed by atoms with Crippen LogP contribution in [0.5, 0.6) is 5.75 Å². The third kappa shape index (κ3) is 4.59. The largest absolute Gasteiger partial charge is 0.431 e. The van der Waals surface area contributed by atoms with Crippen LogP contribution in [0.2, 0.25) is 5.02 Å². The van der Waals surface area contributed by atoms with E-state index >= 15 is 0 Å². The zero-order valence-corrected chi connectivity index (χ0v) is 12.5. The summed E-state index contributed by atoms with van der Waals surface area (Å²) in [7, 11) is 1.61. The Labute approximate surface area is 122 Å². The number of nitrogens with one attached hydrogen (secondary N) is 2. The molecule has 19 heavy (non-hydrogen) atoms. The minimum Gasteiger partial charge on any atom is -0.431 e. The molecule has 0 heterocycles. The van der Waals surface area contributed by atoms with E-state index in [9.17, 15) is 13.6 Å². The summed E-state index contributed by atoms with van der Waals surface area (Å²) >= 11 is 8.88. The summed E-state index contributed by atoms with van der Waals surface area (Å²) in [4.78, 5) is 11.7. The van der Waals surface area contributed by atoms with E-state index in [1.54, 1.807) is 14.0 Å². The monoisotopic (exact) mass is 356 g/mol. The van der Waals surface area contributed by atoms with Gasteiger partial charge in [-0.2, -0.15) is 8.78 Å². The zero-order valence-electron chi connectivity index (χ0n) is 10.1. The smallest absolute Gasteiger partial charge is 0.387 e. The Morgan fingerprint density at radius 1 is 1.47 bits per heavy atom. The lowest BCUT2D eigenvalue weighted by Gasteiger charge is -2.16. The van der Waals surface area contributed by atoms with Crippen molar-refractivity contribution in [2.24, 2.45) is 0 Å². The van der Waals surface area contributed by atoms with E-state index < -0.39 is 18.6 Å². The number of benzene rings is 1. The quantitative estimate of drug-likeness (QED) is 0.850. The molecular formula is C11H12BrClF2N2O2. The SMILES string of the molecule is CNC(C)C(=O)Nc1cc(Cl)cc(Br)c1OC(F)F. The van der Waals surface area contributed by atoms with Crippen molar-refractivity contribution < 1.29 is 18.3 Å². The summed E-state index contributed by atoms with van der Waals surface area (Å²) in [6, 6.07) is 2.25. The fourth-order valence-corrected chi connectivity index (χ4v) is 2.14. The van der Waals surface area contributed by atoms with Crippen molar-refractivity contribution in [2.75, 3.05) is 12.4 Å². The van der Waals surface area contributed by atoms with Gasteiger partial charge in [0.2, 0.25) is 5.91 Å². The highest BCUT2D eigenvalue weighted by Gasteiger charge is 2.18. The van der Waals surface area contributed by atoms with Gasteiger partial charge in [0, 0.05) is 5.02 Å². The molecule has 1 rings (SSSR count). The topological polar surface area (TPSA) is 50.4 Å². The molecule has 0 saturated heterocycles. The van der Waals surface area contributed by atoms with Gasteiger partial charge in [-0.1, -0.05) is 11.6 Å². The minimum atomic E-state index is -3.00. The molecule has 0 spiro atoms. The number of carbonyl (C=O) groups excluding carboxylic acids is 1. The van der Waals surface area contributed by atoms with Crippen molar-refractivity contribution >= 4 is 39.1 Å². The lowest BCUT2D eigenvalue weighted by atomic mass is 10.2. The average molecular weight is 358 g/mol. The molecule has 4 nitrogen and oxygen atoms in total. The lowest BCUT2D eigenvalue weighted by Crippen LogP contribution is -2.35. The summed E-state index contributed by atoms with van der Waals surface area (Å²) in [5, 5.41) is 5.48. The van der Waals surface area contributed by atoms with E-state index in [0.29, 0.717) is 0 Å². The van der Waals surface area contributed by atoms with Crippen LogP contribution in [-0.2, 0) is 4.79 Å². The molecule has 1 aromatic carbocycles. The Balaban J connectivity index is 3.07. The van der Waals surface area contributed by atoms with Crippen LogP contribution < -0.4 is 15.4 Å². The first-order valence-corrected chi connectivity index (χ1v) is 6.44. The van der Waals surface area contributed by atoms with Gasteiger partial charge in [-0.25, -0.2) is 0 Å². The van der Waals surface area contributed by atoms with Crippen LogP contribution in [0.1, 0.15) is 6.92 Å². The number of rotatable bonds is 5. The van der Waals surface area contributed by atoms with Crippen LogP contribution in [0.25, 0.3) is 0 Å². The maximum Gasteiger partial charge on any atom is 0.387 e. The first kappa shape index (κ1) is 16.1. The molecule has 2 N–H and O–H groups in total. The van der Waals surface area contributed by atoms with Gasteiger partial charge >= 0.3 is 6.61 Å². The number of amides is 1. The number of anilines is 1. The average Bonchev–Trinajstić information content (AvgIpc) is 2.32. The number of alkyl halides is 2. The van der Waals surface area contributed by atoms with E-state index in [1.165, 1.54) is 12.1 Å². The molecule has 1 unspecified atom stereocenters. The summed E-state index contributed by atoms with van der Waals surface area (Å²) in [6.07, 6.45) is 0. The van der Waals surface area contributed by atoms with Gasteiger partial charge in [0.25, 0.3) is 0 Å². The Morgan fingerprint density at radius 3 is 2.63 bits per heavy atom. The summed E-state index contributed by atoms with van der Waals surface area (Å²) in [5.74, 6) is -0.563. The van der Waals surface area contributed by atoms with Gasteiger partial charge in [-0.3, -0.25) is 4.79 Å².